The molecular weight excluding hydrogens is 332 g/mol. The zero-order chi connectivity index (χ0) is 18.4. The lowest BCUT2D eigenvalue weighted by Gasteiger charge is -2.34. The van der Waals surface area contributed by atoms with E-state index in [0.29, 0.717) is 11.4 Å². The second kappa shape index (κ2) is 5.68. The number of nitrogens with zero attached hydrogens (tertiary/aromatic N) is 2. The van der Waals surface area contributed by atoms with Gasteiger partial charge < -0.3 is 11.5 Å². The van der Waals surface area contributed by atoms with Crippen LogP contribution in [-0.4, -0.2) is 9.97 Å². The van der Waals surface area contributed by atoms with Crippen molar-refractivity contribution in [2.24, 2.45) is 0 Å². The van der Waals surface area contributed by atoms with Crippen molar-refractivity contribution < 1.29 is 0 Å². The molecule has 0 fully saturated rings. The van der Waals surface area contributed by atoms with Gasteiger partial charge in [0.25, 0.3) is 0 Å². The number of hydrogen-bond donors (Lipinski definition) is 2. The Morgan fingerprint density at radius 1 is 0.519 bits per heavy atom. The van der Waals surface area contributed by atoms with Crippen LogP contribution in [0.25, 0.3) is 11.4 Å². The molecular formula is C23H18N4. The molecule has 1 aliphatic carbocycles. The summed E-state index contributed by atoms with van der Waals surface area (Å²) in [4.78, 5) is 9.32. The van der Waals surface area contributed by atoms with Crippen molar-refractivity contribution >= 4 is 11.4 Å². The first-order valence-electron chi connectivity index (χ1n) is 8.86. The van der Waals surface area contributed by atoms with E-state index >= 15 is 0 Å². The number of benzene rings is 2. The minimum absolute atomic E-state index is 0.649. The van der Waals surface area contributed by atoms with E-state index in [9.17, 15) is 0 Å². The highest BCUT2D eigenvalue weighted by Crippen LogP contribution is 2.56. The quantitative estimate of drug-likeness (QED) is 0.472. The molecule has 4 N–H and O–H groups in total. The number of rotatable bonds is 2. The lowest BCUT2D eigenvalue weighted by molar-refractivity contribution is 0.770. The maximum Gasteiger partial charge on any atom is 0.0937 e. The van der Waals surface area contributed by atoms with E-state index in [0.717, 1.165) is 33.6 Å². The van der Waals surface area contributed by atoms with Crippen LogP contribution in [0.15, 0.2) is 85.2 Å². The Kier molecular flexibility index (Phi) is 3.28. The first-order valence-corrected chi connectivity index (χ1v) is 8.86. The summed E-state index contributed by atoms with van der Waals surface area (Å²) in [5.41, 5.74) is 19.6. The van der Waals surface area contributed by atoms with Gasteiger partial charge in [-0.1, -0.05) is 48.5 Å². The molecule has 4 aromatic rings. The summed E-state index contributed by atoms with van der Waals surface area (Å²) in [6.45, 7) is 0. The summed E-state index contributed by atoms with van der Waals surface area (Å²) in [5.74, 6) is 0. The predicted molar refractivity (Wildman–Crippen MR) is 108 cm³/mol. The lowest BCUT2D eigenvalue weighted by atomic mass is 9.67. The van der Waals surface area contributed by atoms with Gasteiger partial charge in [0.2, 0.25) is 0 Å². The Bertz CT molecular complexity index is 1070. The molecule has 0 radical (unpaired) electrons. The summed E-state index contributed by atoms with van der Waals surface area (Å²) in [6, 6.07) is 24.0. The van der Waals surface area contributed by atoms with Crippen molar-refractivity contribution in [3.8, 4) is 11.4 Å². The molecule has 0 aliphatic heterocycles. The van der Waals surface area contributed by atoms with Gasteiger partial charge in [0, 0.05) is 23.8 Å². The van der Waals surface area contributed by atoms with Crippen LogP contribution in [0.2, 0.25) is 0 Å². The van der Waals surface area contributed by atoms with Crippen LogP contribution in [0.4, 0.5) is 11.4 Å². The molecule has 2 heterocycles. The monoisotopic (exact) mass is 350 g/mol. The van der Waals surface area contributed by atoms with Gasteiger partial charge in [0.15, 0.2) is 0 Å². The first-order chi connectivity index (χ1) is 13.2. The van der Waals surface area contributed by atoms with Gasteiger partial charge >= 0.3 is 0 Å². The fourth-order valence-electron chi connectivity index (χ4n) is 4.34. The van der Waals surface area contributed by atoms with Gasteiger partial charge in [-0.25, -0.2) is 0 Å². The number of nitrogens with two attached hydrogens (primary N) is 2. The minimum atomic E-state index is -0.649. The summed E-state index contributed by atoms with van der Waals surface area (Å²) in [5, 5.41) is 0. The van der Waals surface area contributed by atoms with Crippen LogP contribution >= 0.6 is 0 Å². The molecule has 0 spiro atoms. The van der Waals surface area contributed by atoms with Gasteiger partial charge in [-0.05, 0) is 46.5 Å². The number of hydrogen-bond acceptors (Lipinski definition) is 4. The highest BCUT2D eigenvalue weighted by Gasteiger charge is 2.49. The molecule has 27 heavy (non-hydrogen) atoms. The lowest BCUT2D eigenvalue weighted by Crippen LogP contribution is -2.30. The summed E-state index contributed by atoms with van der Waals surface area (Å²) < 4.78 is 0. The molecule has 0 amide bonds. The zero-order valence-electron chi connectivity index (χ0n) is 14.6. The van der Waals surface area contributed by atoms with Crippen LogP contribution < -0.4 is 11.5 Å². The Hall–Kier alpha value is -3.66. The summed E-state index contributed by atoms with van der Waals surface area (Å²) in [7, 11) is 0. The number of fused-ring (bicyclic) bond motifs is 3. The topological polar surface area (TPSA) is 77.8 Å². The van der Waals surface area contributed by atoms with Crippen molar-refractivity contribution in [2.75, 3.05) is 11.5 Å². The van der Waals surface area contributed by atoms with Crippen molar-refractivity contribution in [2.45, 2.75) is 5.41 Å². The van der Waals surface area contributed by atoms with E-state index in [1.807, 2.05) is 48.5 Å². The van der Waals surface area contributed by atoms with E-state index < -0.39 is 5.41 Å². The van der Waals surface area contributed by atoms with Crippen LogP contribution in [0.5, 0.6) is 0 Å². The van der Waals surface area contributed by atoms with Gasteiger partial charge in [0.1, 0.15) is 0 Å². The van der Waals surface area contributed by atoms with Crippen molar-refractivity contribution in [3.63, 3.8) is 0 Å². The van der Waals surface area contributed by atoms with Gasteiger partial charge in [-0.2, -0.15) is 0 Å². The SMILES string of the molecule is Nc1ccccc1C1(c2ccccc2N)c2cccnc2-c2ncccc21. The van der Waals surface area contributed by atoms with Crippen molar-refractivity contribution in [1.29, 1.82) is 0 Å². The largest absolute Gasteiger partial charge is 0.398 e. The molecule has 0 atom stereocenters. The van der Waals surface area contributed by atoms with E-state index in [2.05, 4.69) is 34.2 Å². The highest BCUT2D eigenvalue weighted by atomic mass is 14.8. The zero-order valence-corrected chi connectivity index (χ0v) is 14.6. The molecule has 5 rings (SSSR count). The van der Waals surface area contributed by atoms with Crippen LogP contribution in [0.3, 0.4) is 0 Å². The van der Waals surface area contributed by atoms with E-state index in [-0.39, 0.29) is 0 Å². The smallest absolute Gasteiger partial charge is 0.0937 e. The normalized spacial score (nSPS) is 13.8. The van der Waals surface area contributed by atoms with Gasteiger partial charge in [-0.15, -0.1) is 0 Å². The fraction of sp³-hybridized carbons (Fsp3) is 0.0435. The molecule has 130 valence electrons. The molecule has 0 bridgehead atoms. The van der Waals surface area contributed by atoms with Gasteiger partial charge in [-0.3, -0.25) is 9.97 Å². The average molecular weight is 350 g/mol. The average Bonchev–Trinajstić information content (AvgIpc) is 3.00. The highest BCUT2D eigenvalue weighted by molar-refractivity contribution is 5.85. The maximum atomic E-state index is 6.51. The van der Waals surface area contributed by atoms with Crippen LogP contribution in [0, 0.1) is 0 Å². The summed E-state index contributed by atoms with van der Waals surface area (Å²) >= 11 is 0. The second-order valence-corrected chi connectivity index (χ2v) is 6.72. The molecule has 0 unspecified atom stereocenters. The first kappa shape index (κ1) is 15.6. The second-order valence-electron chi connectivity index (χ2n) is 6.72. The third-order valence-corrected chi connectivity index (χ3v) is 5.38. The summed E-state index contributed by atoms with van der Waals surface area (Å²) in [6.07, 6.45) is 3.60. The number of para-hydroxylation sites is 2. The maximum absolute atomic E-state index is 6.51. The molecule has 1 aliphatic rings. The Morgan fingerprint density at radius 3 is 1.37 bits per heavy atom. The van der Waals surface area contributed by atoms with Crippen molar-refractivity contribution in [1.82, 2.24) is 9.97 Å². The van der Waals surface area contributed by atoms with Crippen molar-refractivity contribution in [3.05, 3.63) is 107 Å². The molecule has 4 heteroatoms. The standard InChI is InChI=1S/C23H18N4/c24-19-11-3-1-7-15(19)23(16-8-2-4-12-20(16)25)17-9-5-13-26-21(17)22-18(23)10-6-14-27-22/h1-14H,24-25H2. The minimum Gasteiger partial charge on any atom is -0.398 e. The third-order valence-electron chi connectivity index (χ3n) is 5.38. The number of aromatic nitrogens is 2. The third kappa shape index (κ3) is 1.98. The predicted octanol–water partition coefficient (Wildman–Crippen LogP) is 4.00. The van der Waals surface area contributed by atoms with Crippen LogP contribution in [0.1, 0.15) is 22.3 Å². The molecule has 4 nitrogen and oxygen atoms in total. The Balaban J connectivity index is 2.03. The number of pyridine rings is 2. The molecule has 2 aromatic carbocycles. The fourth-order valence-corrected chi connectivity index (χ4v) is 4.34. The molecule has 0 saturated heterocycles. The van der Waals surface area contributed by atoms with E-state index in [1.165, 1.54) is 0 Å². The number of nitrogen functional groups attached to an aromatic ring is 2. The van der Waals surface area contributed by atoms with Gasteiger partial charge in [0.05, 0.1) is 16.8 Å². The molecule has 2 aromatic heterocycles. The Labute approximate surface area is 157 Å². The van der Waals surface area contributed by atoms with Crippen LogP contribution in [-0.2, 0) is 5.41 Å². The number of anilines is 2. The Morgan fingerprint density at radius 2 is 0.926 bits per heavy atom. The van der Waals surface area contributed by atoms with E-state index in [1.54, 1.807) is 12.4 Å². The molecule has 0 saturated carbocycles. The van der Waals surface area contributed by atoms with E-state index in [4.69, 9.17) is 11.5 Å².